The zero-order valence-electron chi connectivity index (χ0n) is 11.4. The first-order chi connectivity index (χ1) is 9.72. The van der Waals surface area contributed by atoms with Gasteiger partial charge in [0, 0.05) is 0 Å². The standard InChI is InChI=1S/C14H14Cl2N2O2S/c1-8-3-6-13(17)14(9(8)2)21(19,20)18-10-4-5-11(15)12(16)7-10/h3-7,18H,17H2,1-2H3. The lowest BCUT2D eigenvalue weighted by atomic mass is 10.1. The summed E-state index contributed by atoms with van der Waals surface area (Å²) in [6.45, 7) is 3.54. The monoisotopic (exact) mass is 344 g/mol. The zero-order valence-corrected chi connectivity index (χ0v) is 13.8. The van der Waals surface area contributed by atoms with Crippen molar-refractivity contribution in [3.05, 3.63) is 51.5 Å². The van der Waals surface area contributed by atoms with Gasteiger partial charge in [0.25, 0.3) is 10.0 Å². The zero-order chi connectivity index (χ0) is 15.8. The normalized spacial score (nSPS) is 11.4. The van der Waals surface area contributed by atoms with Crippen molar-refractivity contribution in [2.24, 2.45) is 0 Å². The van der Waals surface area contributed by atoms with E-state index in [9.17, 15) is 8.42 Å². The van der Waals surface area contributed by atoms with Crippen LogP contribution in [0.3, 0.4) is 0 Å². The number of hydrogen-bond donors (Lipinski definition) is 2. The predicted octanol–water partition coefficient (Wildman–Crippen LogP) is 3.99. The van der Waals surface area contributed by atoms with Crippen molar-refractivity contribution >= 4 is 44.6 Å². The highest BCUT2D eigenvalue weighted by molar-refractivity contribution is 7.93. The molecule has 0 unspecified atom stereocenters. The second-order valence-electron chi connectivity index (χ2n) is 4.66. The number of nitrogens with two attached hydrogens (primary N) is 1. The van der Waals surface area contributed by atoms with Crippen LogP contribution in [0.4, 0.5) is 11.4 Å². The van der Waals surface area contributed by atoms with Crippen molar-refractivity contribution in [3.63, 3.8) is 0 Å². The molecule has 2 aromatic rings. The molecule has 0 bridgehead atoms. The third-order valence-electron chi connectivity index (χ3n) is 3.15. The van der Waals surface area contributed by atoms with Gasteiger partial charge in [-0.1, -0.05) is 29.3 Å². The minimum absolute atomic E-state index is 0.0774. The van der Waals surface area contributed by atoms with Crippen LogP contribution in [-0.2, 0) is 10.0 Å². The lowest BCUT2D eigenvalue weighted by Crippen LogP contribution is -2.16. The minimum Gasteiger partial charge on any atom is -0.398 e. The van der Waals surface area contributed by atoms with Crippen molar-refractivity contribution in [1.82, 2.24) is 0 Å². The Morgan fingerprint density at radius 1 is 1.05 bits per heavy atom. The summed E-state index contributed by atoms with van der Waals surface area (Å²) >= 11 is 11.7. The molecule has 0 fully saturated rings. The maximum atomic E-state index is 12.5. The lowest BCUT2D eigenvalue weighted by molar-refractivity contribution is 0.601. The molecule has 4 nitrogen and oxygen atoms in total. The number of benzene rings is 2. The van der Waals surface area contributed by atoms with Crippen LogP contribution in [0.5, 0.6) is 0 Å². The summed E-state index contributed by atoms with van der Waals surface area (Å²) in [4.78, 5) is 0.0774. The molecule has 0 aliphatic heterocycles. The minimum atomic E-state index is -3.80. The summed E-state index contributed by atoms with van der Waals surface area (Å²) in [7, 11) is -3.80. The summed E-state index contributed by atoms with van der Waals surface area (Å²) in [5, 5.41) is 0.622. The van der Waals surface area contributed by atoms with Gasteiger partial charge in [-0.3, -0.25) is 4.72 Å². The third kappa shape index (κ3) is 3.26. The maximum absolute atomic E-state index is 12.5. The van der Waals surface area contributed by atoms with E-state index >= 15 is 0 Å². The SMILES string of the molecule is Cc1ccc(N)c(S(=O)(=O)Nc2ccc(Cl)c(Cl)c2)c1C. The fraction of sp³-hybridized carbons (Fsp3) is 0.143. The van der Waals surface area contributed by atoms with Crippen molar-refractivity contribution in [1.29, 1.82) is 0 Å². The first kappa shape index (κ1) is 15.9. The molecule has 2 aromatic carbocycles. The molecule has 0 spiro atoms. The number of anilines is 2. The number of hydrogen-bond acceptors (Lipinski definition) is 3. The molecular weight excluding hydrogens is 331 g/mol. The van der Waals surface area contributed by atoms with E-state index in [1.165, 1.54) is 18.2 Å². The highest BCUT2D eigenvalue weighted by Crippen LogP contribution is 2.29. The van der Waals surface area contributed by atoms with Gasteiger partial charge >= 0.3 is 0 Å². The second kappa shape index (κ2) is 5.75. The first-order valence-corrected chi connectivity index (χ1v) is 8.30. The molecule has 0 saturated carbocycles. The number of halogens is 2. The summed E-state index contributed by atoms with van der Waals surface area (Å²) in [6.07, 6.45) is 0. The Morgan fingerprint density at radius 2 is 1.71 bits per heavy atom. The topological polar surface area (TPSA) is 72.2 Å². The Labute approximate surface area is 133 Å². The molecule has 21 heavy (non-hydrogen) atoms. The third-order valence-corrected chi connectivity index (χ3v) is 5.47. The summed E-state index contributed by atoms with van der Waals surface area (Å²) in [5.41, 5.74) is 7.80. The van der Waals surface area contributed by atoms with E-state index in [1.54, 1.807) is 19.1 Å². The fourth-order valence-electron chi connectivity index (χ4n) is 1.93. The van der Waals surface area contributed by atoms with Crippen LogP contribution in [0.15, 0.2) is 35.2 Å². The van der Waals surface area contributed by atoms with Crippen molar-refractivity contribution in [2.45, 2.75) is 18.7 Å². The highest BCUT2D eigenvalue weighted by atomic mass is 35.5. The first-order valence-electron chi connectivity index (χ1n) is 6.06. The molecule has 0 amide bonds. The molecule has 0 aliphatic rings. The molecule has 0 radical (unpaired) electrons. The van der Waals surface area contributed by atoms with Gasteiger partial charge in [0.2, 0.25) is 0 Å². The van der Waals surface area contributed by atoms with Crippen LogP contribution in [0.1, 0.15) is 11.1 Å². The summed E-state index contributed by atoms with van der Waals surface area (Å²) in [5.74, 6) is 0. The molecule has 0 heterocycles. The molecule has 0 aliphatic carbocycles. The van der Waals surface area contributed by atoms with Gasteiger partial charge in [0.05, 0.1) is 21.4 Å². The molecule has 0 atom stereocenters. The number of sulfonamides is 1. The van der Waals surface area contributed by atoms with Crippen molar-refractivity contribution in [2.75, 3.05) is 10.5 Å². The Balaban J connectivity index is 2.48. The highest BCUT2D eigenvalue weighted by Gasteiger charge is 2.21. The Kier molecular flexibility index (Phi) is 4.37. The van der Waals surface area contributed by atoms with Crippen LogP contribution in [0.25, 0.3) is 0 Å². The Hall–Kier alpha value is -1.43. The van der Waals surface area contributed by atoms with Crippen LogP contribution in [0.2, 0.25) is 10.0 Å². The smallest absolute Gasteiger partial charge is 0.264 e. The maximum Gasteiger partial charge on any atom is 0.264 e. The van der Waals surface area contributed by atoms with E-state index in [0.717, 1.165) is 5.56 Å². The second-order valence-corrected chi connectivity index (χ2v) is 7.09. The number of aryl methyl sites for hydroxylation is 1. The molecule has 0 saturated heterocycles. The van der Waals surface area contributed by atoms with E-state index in [0.29, 0.717) is 16.3 Å². The average Bonchev–Trinajstić information content (AvgIpc) is 2.38. The van der Waals surface area contributed by atoms with Crippen LogP contribution in [0, 0.1) is 13.8 Å². The van der Waals surface area contributed by atoms with E-state index in [1.807, 2.05) is 6.92 Å². The van der Waals surface area contributed by atoms with E-state index in [-0.39, 0.29) is 15.6 Å². The quantitative estimate of drug-likeness (QED) is 0.826. The molecule has 2 rings (SSSR count). The van der Waals surface area contributed by atoms with Crippen molar-refractivity contribution in [3.8, 4) is 0 Å². The number of nitrogen functional groups attached to an aromatic ring is 1. The van der Waals surface area contributed by atoms with Gasteiger partial charge in [-0.15, -0.1) is 0 Å². The number of nitrogens with one attached hydrogen (secondary N) is 1. The molecular formula is C14H14Cl2N2O2S. The van der Waals surface area contributed by atoms with Gasteiger partial charge in [0.1, 0.15) is 4.90 Å². The van der Waals surface area contributed by atoms with E-state index in [2.05, 4.69) is 4.72 Å². The van der Waals surface area contributed by atoms with Gasteiger partial charge in [-0.2, -0.15) is 0 Å². The van der Waals surface area contributed by atoms with E-state index < -0.39 is 10.0 Å². The van der Waals surface area contributed by atoms with Gasteiger partial charge in [-0.05, 0) is 49.2 Å². The van der Waals surface area contributed by atoms with Crippen LogP contribution in [-0.4, -0.2) is 8.42 Å². The van der Waals surface area contributed by atoms with Crippen LogP contribution < -0.4 is 10.5 Å². The van der Waals surface area contributed by atoms with Gasteiger partial charge < -0.3 is 5.73 Å². The van der Waals surface area contributed by atoms with Gasteiger partial charge in [-0.25, -0.2) is 8.42 Å². The lowest BCUT2D eigenvalue weighted by Gasteiger charge is -2.14. The summed E-state index contributed by atoms with van der Waals surface area (Å²) < 4.78 is 27.5. The largest absolute Gasteiger partial charge is 0.398 e. The van der Waals surface area contributed by atoms with Crippen molar-refractivity contribution < 1.29 is 8.42 Å². The molecule has 7 heteroatoms. The van der Waals surface area contributed by atoms with Crippen LogP contribution >= 0.6 is 23.2 Å². The van der Waals surface area contributed by atoms with Gasteiger partial charge in [0.15, 0.2) is 0 Å². The fourth-order valence-corrected chi connectivity index (χ4v) is 3.71. The Morgan fingerprint density at radius 3 is 2.33 bits per heavy atom. The predicted molar refractivity (Wildman–Crippen MR) is 87.6 cm³/mol. The molecule has 112 valence electrons. The number of rotatable bonds is 3. The Bertz CT molecular complexity index is 805. The molecule has 3 N–H and O–H groups in total. The summed E-state index contributed by atoms with van der Waals surface area (Å²) in [6, 6.07) is 7.86. The molecule has 0 aromatic heterocycles. The average molecular weight is 345 g/mol. The van der Waals surface area contributed by atoms with E-state index in [4.69, 9.17) is 28.9 Å².